The lowest BCUT2D eigenvalue weighted by Crippen LogP contribution is -2.44. The smallest absolute Gasteiger partial charge is 0.312 e. The molecule has 8 heteroatoms. The molecule has 1 aliphatic heterocycles. The molecule has 2 N–H and O–H groups in total. The van der Waals surface area contributed by atoms with Gasteiger partial charge in [-0.1, -0.05) is 18.2 Å². The van der Waals surface area contributed by atoms with Gasteiger partial charge in [-0.15, -0.1) is 0 Å². The molecule has 1 saturated heterocycles. The van der Waals surface area contributed by atoms with Crippen LogP contribution in [0.25, 0.3) is 6.08 Å². The number of para-hydroxylation sites is 1. The Balaban J connectivity index is 1.71. The van der Waals surface area contributed by atoms with Crippen molar-refractivity contribution in [2.24, 2.45) is 0 Å². The number of allylic oxidation sites excluding steroid dienone is 2. The third-order valence-electron chi connectivity index (χ3n) is 3.21. The van der Waals surface area contributed by atoms with Crippen molar-refractivity contribution in [1.82, 2.24) is 10.4 Å². The fourth-order valence-corrected chi connectivity index (χ4v) is 2.76. The Kier molecular flexibility index (Phi) is 4.71. The van der Waals surface area contributed by atoms with Gasteiger partial charge in [0.05, 0.1) is 16.7 Å². The highest BCUT2D eigenvalue weighted by molar-refractivity contribution is 8.18. The molecular formula is C17H12N2O5S. The van der Waals surface area contributed by atoms with E-state index in [-0.39, 0.29) is 16.2 Å². The van der Waals surface area contributed by atoms with Crippen LogP contribution < -0.4 is 5.43 Å². The second-order valence-electron chi connectivity index (χ2n) is 4.87. The molecular weight excluding hydrogens is 344 g/mol. The van der Waals surface area contributed by atoms with Crippen LogP contribution in [0.1, 0.15) is 16.1 Å². The van der Waals surface area contributed by atoms with E-state index in [0.29, 0.717) is 22.5 Å². The van der Waals surface area contributed by atoms with Crippen LogP contribution >= 0.6 is 11.8 Å². The van der Waals surface area contributed by atoms with Crippen LogP contribution in [0.5, 0.6) is 5.75 Å². The fourth-order valence-electron chi connectivity index (χ4n) is 2.02. The number of hydrogen-bond donors (Lipinski definition) is 2. The Morgan fingerprint density at radius 3 is 2.72 bits per heavy atom. The van der Waals surface area contributed by atoms with E-state index in [9.17, 15) is 19.5 Å². The van der Waals surface area contributed by atoms with Gasteiger partial charge in [-0.3, -0.25) is 19.8 Å². The predicted molar refractivity (Wildman–Crippen MR) is 91.2 cm³/mol. The molecule has 1 aromatic heterocycles. The van der Waals surface area contributed by atoms with Crippen molar-refractivity contribution >= 4 is 34.9 Å². The van der Waals surface area contributed by atoms with Crippen LogP contribution in [-0.2, 0) is 4.79 Å². The minimum Gasteiger partial charge on any atom is -0.507 e. The van der Waals surface area contributed by atoms with Crippen molar-refractivity contribution in [2.45, 2.75) is 0 Å². The quantitative estimate of drug-likeness (QED) is 0.817. The van der Waals surface area contributed by atoms with Gasteiger partial charge in [0.1, 0.15) is 11.5 Å². The summed E-state index contributed by atoms with van der Waals surface area (Å²) in [6, 6.07) is 9.29. The van der Waals surface area contributed by atoms with E-state index >= 15 is 0 Å². The molecule has 7 nitrogen and oxygen atoms in total. The third kappa shape index (κ3) is 3.64. The molecule has 3 rings (SSSR count). The summed E-state index contributed by atoms with van der Waals surface area (Å²) in [7, 11) is 0. The lowest BCUT2D eigenvalue weighted by Gasteiger charge is -2.14. The van der Waals surface area contributed by atoms with E-state index in [1.54, 1.807) is 36.4 Å². The summed E-state index contributed by atoms with van der Waals surface area (Å²) in [6.45, 7) is 0. The van der Waals surface area contributed by atoms with Crippen LogP contribution in [0.15, 0.2) is 64.1 Å². The average molecular weight is 356 g/mol. The first-order chi connectivity index (χ1) is 12.1. The Morgan fingerprint density at radius 1 is 1.20 bits per heavy atom. The SMILES string of the molecule is O=C(NN1C(=O)S/C(=C/C=C/c2ccco2)C1=O)c1ccccc1O. The fraction of sp³-hybridized carbons (Fsp3) is 0. The number of hydrogen-bond acceptors (Lipinski definition) is 6. The molecule has 0 spiro atoms. The highest BCUT2D eigenvalue weighted by Gasteiger charge is 2.36. The number of phenolic OH excluding ortho intramolecular Hbond substituents is 1. The predicted octanol–water partition coefficient (Wildman–Crippen LogP) is 2.92. The number of carbonyl (C=O) groups excluding carboxylic acids is 3. The number of amides is 3. The van der Waals surface area contributed by atoms with Gasteiger partial charge in [0, 0.05) is 0 Å². The zero-order chi connectivity index (χ0) is 17.8. The lowest BCUT2D eigenvalue weighted by molar-refractivity contribution is -0.124. The standard InChI is InChI=1S/C17H12N2O5S/c20-13-8-2-1-7-12(13)15(21)18-19-16(22)14(25-17(19)23)9-3-5-11-6-4-10-24-11/h1-10,20H,(H,18,21)/b5-3+,14-9+. The number of phenols is 1. The number of aromatic hydroxyl groups is 1. The van der Waals surface area contributed by atoms with Crippen LogP contribution in [0.2, 0.25) is 0 Å². The van der Waals surface area contributed by atoms with Crippen LogP contribution in [0.4, 0.5) is 4.79 Å². The van der Waals surface area contributed by atoms with E-state index in [2.05, 4.69) is 5.43 Å². The number of thioether (sulfide) groups is 1. The Hall–Kier alpha value is -3.26. The van der Waals surface area contributed by atoms with E-state index < -0.39 is 17.1 Å². The number of furan rings is 1. The van der Waals surface area contributed by atoms with Gasteiger partial charge in [-0.2, -0.15) is 5.01 Å². The maximum absolute atomic E-state index is 12.2. The summed E-state index contributed by atoms with van der Waals surface area (Å²) >= 11 is 0.700. The number of nitrogens with one attached hydrogen (secondary N) is 1. The van der Waals surface area contributed by atoms with Crippen molar-refractivity contribution in [3.05, 3.63) is 71.0 Å². The first-order valence-electron chi connectivity index (χ1n) is 7.13. The molecule has 0 bridgehead atoms. The van der Waals surface area contributed by atoms with Gasteiger partial charge < -0.3 is 9.52 Å². The summed E-state index contributed by atoms with van der Waals surface area (Å²) in [5.74, 6) is -1.05. The number of hydrazine groups is 1. The van der Waals surface area contributed by atoms with Gasteiger partial charge in [-0.05, 0) is 48.2 Å². The molecule has 2 aromatic rings. The van der Waals surface area contributed by atoms with E-state index in [1.807, 2.05) is 0 Å². The Morgan fingerprint density at radius 2 is 2.00 bits per heavy atom. The maximum Gasteiger partial charge on any atom is 0.312 e. The molecule has 2 heterocycles. The molecule has 25 heavy (non-hydrogen) atoms. The number of carbonyl (C=O) groups is 3. The molecule has 3 amide bonds. The second kappa shape index (κ2) is 7.10. The molecule has 1 fully saturated rings. The monoisotopic (exact) mass is 356 g/mol. The third-order valence-corrected chi connectivity index (χ3v) is 4.09. The van der Waals surface area contributed by atoms with Crippen molar-refractivity contribution in [2.75, 3.05) is 0 Å². The Labute approximate surface area is 146 Å². The number of benzene rings is 1. The normalized spacial score (nSPS) is 16.2. The molecule has 126 valence electrons. The summed E-state index contributed by atoms with van der Waals surface area (Å²) in [4.78, 5) is 36.5. The average Bonchev–Trinajstić information content (AvgIpc) is 3.19. The van der Waals surface area contributed by atoms with Crippen LogP contribution in [0.3, 0.4) is 0 Å². The van der Waals surface area contributed by atoms with Gasteiger partial charge in [0.15, 0.2) is 0 Å². The molecule has 0 radical (unpaired) electrons. The summed E-state index contributed by atoms with van der Waals surface area (Å²) in [5, 5.41) is 9.65. The molecule has 1 aromatic carbocycles. The first-order valence-corrected chi connectivity index (χ1v) is 7.95. The van der Waals surface area contributed by atoms with E-state index in [0.717, 1.165) is 0 Å². The van der Waals surface area contributed by atoms with Gasteiger partial charge in [-0.25, -0.2) is 0 Å². The molecule has 1 aliphatic rings. The number of nitrogens with zero attached hydrogens (tertiary/aromatic N) is 1. The zero-order valence-corrected chi connectivity index (χ0v) is 13.5. The van der Waals surface area contributed by atoms with E-state index in [4.69, 9.17) is 4.42 Å². The van der Waals surface area contributed by atoms with Gasteiger partial charge >= 0.3 is 5.24 Å². The van der Waals surface area contributed by atoms with Crippen molar-refractivity contribution in [3.63, 3.8) is 0 Å². The molecule has 0 unspecified atom stereocenters. The Bertz CT molecular complexity index is 886. The molecule has 0 atom stereocenters. The van der Waals surface area contributed by atoms with Crippen molar-refractivity contribution in [1.29, 1.82) is 0 Å². The zero-order valence-electron chi connectivity index (χ0n) is 12.7. The number of imide groups is 1. The second-order valence-corrected chi connectivity index (χ2v) is 5.87. The van der Waals surface area contributed by atoms with Gasteiger partial charge in [0.25, 0.3) is 11.8 Å². The molecule has 0 aliphatic carbocycles. The van der Waals surface area contributed by atoms with Crippen molar-refractivity contribution < 1.29 is 23.9 Å². The topological polar surface area (TPSA) is 99.9 Å². The highest BCUT2D eigenvalue weighted by atomic mass is 32.2. The van der Waals surface area contributed by atoms with Gasteiger partial charge in [0.2, 0.25) is 0 Å². The summed E-state index contributed by atoms with van der Waals surface area (Å²) in [5.41, 5.74) is 2.16. The lowest BCUT2D eigenvalue weighted by atomic mass is 10.2. The largest absolute Gasteiger partial charge is 0.507 e. The summed E-state index contributed by atoms with van der Waals surface area (Å²) < 4.78 is 5.11. The minimum absolute atomic E-state index is 0.0387. The number of rotatable bonds is 4. The molecule has 0 saturated carbocycles. The maximum atomic E-state index is 12.2. The highest BCUT2D eigenvalue weighted by Crippen LogP contribution is 2.29. The van der Waals surface area contributed by atoms with Crippen LogP contribution in [-0.4, -0.2) is 27.2 Å². The van der Waals surface area contributed by atoms with E-state index in [1.165, 1.54) is 24.5 Å². The minimum atomic E-state index is -0.757. The van der Waals surface area contributed by atoms with Crippen molar-refractivity contribution in [3.8, 4) is 5.75 Å². The summed E-state index contributed by atoms with van der Waals surface area (Å²) in [6.07, 6.45) is 6.18. The van der Waals surface area contributed by atoms with Crippen LogP contribution in [0, 0.1) is 0 Å². The first kappa shape index (κ1) is 16.6.